The molecule has 1 atom stereocenters. The number of ether oxygens (including phenoxy) is 1. The molecule has 1 unspecified atom stereocenters. The van der Waals surface area contributed by atoms with Crippen LogP contribution in [0.3, 0.4) is 0 Å². The van der Waals surface area contributed by atoms with E-state index < -0.39 is 22.3 Å². The van der Waals surface area contributed by atoms with Crippen molar-refractivity contribution in [2.24, 2.45) is 5.73 Å². The smallest absolute Gasteiger partial charge is 0.282 e. The van der Waals surface area contributed by atoms with E-state index in [9.17, 15) is 19.3 Å². The number of hydrogen-bond donors (Lipinski definition) is 1. The van der Waals surface area contributed by atoms with Crippen molar-refractivity contribution in [2.75, 3.05) is 26.2 Å². The third-order valence-corrected chi connectivity index (χ3v) is 3.07. The normalized spacial score (nSPS) is 18.0. The number of nitro groups is 1. The van der Waals surface area contributed by atoms with Crippen LogP contribution in [0.1, 0.15) is 10.4 Å². The van der Waals surface area contributed by atoms with E-state index in [-0.39, 0.29) is 37.2 Å². The highest BCUT2D eigenvalue weighted by Gasteiger charge is 2.29. The van der Waals surface area contributed by atoms with Gasteiger partial charge in [0.05, 0.1) is 17.6 Å². The molecule has 21 heavy (non-hydrogen) atoms. The molecule has 0 radical (unpaired) electrons. The number of carbonyl (C=O) groups excluding carboxylic acids is 1. The van der Waals surface area contributed by atoms with Gasteiger partial charge in [-0.3, -0.25) is 14.9 Å². The summed E-state index contributed by atoms with van der Waals surface area (Å²) in [5.41, 5.74) is 4.81. The van der Waals surface area contributed by atoms with Crippen LogP contribution >= 0.6 is 12.4 Å². The van der Waals surface area contributed by atoms with Crippen LogP contribution in [0.25, 0.3) is 0 Å². The first-order valence-corrected chi connectivity index (χ1v) is 6.08. The Bertz CT molecular complexity index is 543. The topological polar surface area (TPSA) is 98.7 Å². The first kappa shape index (κ1) is 17.3. The van der Waals surface area contributed by atoms with Gasteiger partial charge < -0.3 is 15.4 Å². The largest absolute Gasteiger partial charge is 0.373 e. The summed E-state index contributed by atoms with van der Waals surface area (Å²) < 4.78 is 18.6. The molecule has 7 nitrogen and oxygen atoms in total. The zero-order valence-corrected chi connectivity index (χ0v) is 11.8. The number of morpholine rings is 1. The van der Waals surface area contributed by atoms with Gasteiger partial charge >= 0.3 is 0 Å². The van der Waals surface area contributed by atoms with E-state index in [2.05, 4.69) is 0 Å². The van der Waals surface area contributed by atoms with Gasteiger partial charge in [0.1, 0.15) is 11.4 Å². The molecule has 1 fully saturated rings. The van der Waals surface area contributed by atoms with Crippen molar-refractivity contribution in [3.8, 4) is 0 Å². The molecule has 2 N–H and O–H groups in total. The monoisotopic (exact) mass is 319 g/mol. The SMILES string of the molecule is Cl.NCC1CN(C(=O)c2cc(F)ccc2[N+](=O)[O-])CCO1. The predicted octanol–water partition coefficient (Wildman–Crippen LogP) is 0.955. The first-order valence-electron chi connectivity index (χ1n) is 6.08. The fourth-order valence-corrected chi connectivity index (χ4v) is 2.06. The van der Waals surface area contributed by atoms with Crippen LogP contribution in [0.15, 0.2) is 18.2 Å². The molecule has 1 aliphatic rings. The Morgan fingerprint density at radius 2 is 2.29 bits per heavy atom. The van der Waals surface area contributed by atoms with Crippen molar-refractivity contribution >= 4 is 24.0 Å². The lowest BCUT2D eigenvalue weighted by Crippen LogP contribution is -2.48. The average Bonchev–Trinajstić information content (AvgIpc) is 2.46. The van der Waals surface area contributed by atoms with Gasteiger partial charge in [0.2, 0.25) is 0 Å². The van der Waals surface area contributed by atoms with Crippen LogP contribution in [-0.2, 0) is 4.74 Å². The summed E-state index contributed by atoms with van der Waals surface area (Å²) in [6.45, 7) is 1.08. The predicted molar refractivity (Wildman–Crippen MR) is 75.0 cm³/mol. The second kappa shape index (κ2) is 7.30. The van der Waals surface area contributed by atoms with E-state index in [1.165, 1.54) is 4.90 Å². The molecule has 1 amide bonds. The summed E-state index contributed by atoms with van der Waals surface area (Å²) in [7, 11) is 0. The Morgan fingerprint density at radius 1 is 1.57 bits per heavy atom. The molecule has 1 aliphatic heterocycles. The maximum Gasteiger partial charge on any atom is 0.282 e. The second-order valence-electron chi connectivity index (χ2n) is 4.40. The summed E-state index contributed by atoms with van der Waals surface area (Å²) in [5.74, 6) is -1.28. The highest BCUT2D eigenvalue weighted by molar-refractivity contribution is 5.98. The number of carbonyl (C=O) groups is 1. The zero-order valence-electron chi connectivity index (χ0n) is 11.0. The Labute approximate surface area is 126 Å². The zero-order chi connectivity index (χ0) is 14.7. The number of rotatable bonds is 3. The van der Waals surface area contributed by atoms with Crippen molar-refractivity contribution in [1.82, 2.24) is 4.90 Å². The quantitative estimate of drug-likeness (QED) is 0.660. The van der Waals surface area contributed by atoms with Gasteiger partial charge in [-0.05, 0) is 12.1 Å². The average molecular weight is 320 g/mol. The molecule has 0 bridgehead atoms. The van der Waals surface area contributed by atoms with Crippen LogP contribution in [-0.4, -0.2) is 48.1 Å². The highest BCUT2D eigenvalue weighted by atomic mass is 35.5. The van der Waals surface area contributed by atoms with Gasteiger partial charge in [-0.2, -0.15) is 0 Å². The summed E-state index contributed by atoms with van der Waals surface area (Å²) >= 11 is 0. The summed E-state index contributed by atoms with van der Waals surface area (Å²) in [6.07, 6.45) is -0.305. The number of hydrogen-bond acceptors (Lipinski definition) is 5. The molecule has 0 aromatic heterocycles. The van der Waals surface area contributed by atoms with Crippen molar-refractivity contribution in [3.05, 3.63) is 39.7 Å². The van der Waals surface area contributed by atoms with Gasteiger partial charge in [0, 0.05) is 25.7 Å². The standard InChI is InChI=1S/C12H14FN3O4.ClH/c13-8-1-2-11(16(18)19)10(5-8)12(17)15-3-4-20-9(6-14)7-15;/h1-2,5,9H,3-4,6-7,14H2;1H. The fraction of sp³-hybridized carbons (Fsp3) is 0.417. The molecule has 1 aromatic carbocycles. The van der Waals surface area contributed by atoms with Crippen LogP contribution < -0.4 is 5.73 Å². The Balaban J connectivity index is 0.00000220. The van der Waals surface area contributed by atoms with Gasteiger partial charge in [-0.1, -0.05) is 0 Å². The van der Waals surface area contributed by atoms with Crippen molar-refractivity contribution in [2.45, 2.75) is 6.10 Å². The lowest BCUT2D eigenvalue weighted by atomic mass is 10.1. The fourth-order valence-electron chi connectivity index (χ4n) is 2.06. The lowest BCUT2D eigenvalue weighted by Gasteiger charge is -2.32. The minimum Gasteiger partial charge on any atom is -0.373 e. The van der Waals surface area contributed by atoms with Crippen molar-refractivity contribution in [3.63, 3.8) is 0 Å². The Morgan fingerprint density at radius 3 is 2.90 bits per heavy atom. The van der Waals surface area contributed by atoms with Crippen LogP contribution in [0.4, 0.5) is 10.1 Å². The van der Waals surface area contributed by atoms with Gasteiger partial charge in [-0.15, -0.1) is 12.4 Å². The molecule has 2 rings (SSSR count). The molecule has 116 valence electrons. The van der Waals surface area contributed by atoms with E-state index in [0.29, 0.717) is 13.2 Å². The second-order valence-corrected chi connectivity index (χ2v) is 4.40. The third kappa shape index (κ3) is 3.87. The van der Waals surface area contributed by atoms with Crippen LogP contribution in [0, 0.1) is 15.9 Å². The molecule has 9 heteroatoms. The number of amides is 1. The highest BCUT2D eigenvalue weighted by Crippen LogP contribution is 2.22. The number of halogens is 2. The van der Waals surface area contributed by atoms with Crippen molar-refractivity contribution < 1.29 is 18.8 Å². The maximum absolute atomic E-state index is 13.2. The number of nitrogens with two attached hydrogens (primary N) is 1. The molecular weight excluding hydrogens is 305 g/mol. The molecule has 0 spiro atoms. The van der Waals surface area contributed by atoms with Gasteiger partial charge in [-0.25, -0.2) is 4.39 Å². The first-order chi connectivity index (χ1) is 9.52. The summed E-state index contributed by atoms with van der Waals surface area (Å²) in [5, 5.41) is 10.9. The maximum atomic E-state index is 13.2. The molecule has 1 saturated heterocycles. The molecule has 0 aliphatic carbocycles. The summed E-state index contributed by atoms with van der Waals surface area (Å²) in [6, 6.07) is 2.83. The third-order valence-electron chi connectivity index (χ3n) is 3.07. The number of benzene rings is 1. The molecular formula is C12H15ClFN3O4. The van der Waals surface area contributed by atoms with Crippen molar-refractivity contribution in [1.29, 1.82) is 0 Å². The summed E-state index contributed by atoms with van der Waals surface area (Å²) in [4.78, 5) is 23.9. The van der Waals surface area contributed by atoms with E-state index in [1.807, 2.05) is 0 Å². The van der Waals surface area contributed by atoms with E-state index in [1.54, 1.807) is 0 Å². The minimum atomic E-state index is -0.701. The van der Waals surface area contributed by atoms with E-state index in [4.69, 9.17) is 10.5 Å². The molecule has 0 saturated carbocycles. The Hall–Kier alpha value is -1.77. The van der Waals surface area contributed by atoms with E-state index in [0.717, 1.165) is 18.2 Å². The van der Waals surface area contributed by atoms with Crippen LogP contribution in [0.2, 0.25) is 0 Å². The minimum absolute atomic E-state index is 0. The molecule has 1 aromatic rings. The Kier molecular flexibility index (Phi) is 6.01. The van der Waals surface area contributed by atoms with Gasteiger partial charge in [0.15, 0.2) is 0 Å². The number of nitrogens with zero attached hydrogens (tertiary/aromatic N) is 2. The lowest BCUT2D eigenvalue weighted by molar-refractivity contribution is -0.385. The number of nitro benzene ring substituents is 1. The molecule has 1 heterocycles. The van der Waals surface area contributed by atoms with Crippen LogP contribution in [0.5, 0.6) is 0 Å². The van der Waals surface area contributed by atoms with Gasteiger partial charge in [0.25, 0.3) is 11.6 Å². The van der Waals surface area contributed by atoms with E-state index >= 15 is 0 Å².